The third kappa shape index (κ3) is 5.35. The van der Waals surface area contributed by atoms with Gasteiger partial charge in [0.15, 0.2) is 0 Å². The number of ether oxygens (including phenoxy) is 2. The van der Waals surface area contributed by atoms with Gasteiger partial charge < -0.3 is 20.1 Å². The molecule has 1 saturated carbocycles. The number of amides is 2. The number of morpholine rings is 1. The van der Waals surface area contributed by atoms with Gasteiger partial charge in [-0.3, -0.25) is 4.90 Å². The lowest BCUT2D eigenvalue weighted by atomic mass is 10.3. The molecule has 7 heteroatoms. The van der Waals surface area contributed by atoms with Gasteiger partial charge in [0, 0.05) is 32.2 Å². The molecule has 132 valence electrons. The Hall–Kier alpha value is -1.86. The van der Waals surface area contributed by atoms with E-state index in [2.05, 4.69) is 15.5 Å². The molecule has 0 spiro atoms. The molecule has 1 aromatic carbocycles. The molecule has 2 N–H and O–H groups in total. The zero-order valence-electron chi connectivity index (χ0n) is 13.7. The number of rotatable bonds is 7. The van der Waals surface area contributed by atoms with Crippen molar-refractivity contribution < 1.29 is 18.7 Å². The van der Waals surface area contributed by atoms with Crippen LogP contribution in [-0.2, 0) is 4.74 Å². The quantitative estimate of drug-likeness (QED) is 0.800. The van der Waals surface area contributed by atoms with E-state index in [1.807, 2.05) is 0 Å². The Bertz CT molecular complexity index is 560. The maximum Gasteiger partial charge on any atom is 0.319 e. The highest BCUT2D eigenvalue weighted by Gasteiger charge is 2.22. The molecule has 2 fully saturated rings. The highest BCUT2D eigenvalue weighted by atomic mass is 19.1. The van der Waals surface area contributed by atoms with Crippen LogP contribution >= 0.6 is 0 Å². The van der Waals surface area contributed by atoms with Crippen LogP contribution in [0.25, 0.3) is 0 Å². The number of carbonyl (C=O) groups excluding carboxylic acids is 1. The van der Waals surface area contributed by atoms with Crippen LogP contribution in [0, 0.1) is 11.7 Å². The first-order valence-electron chi connectivity index (χ1n) is 8.48. The van der Waals surface area contributed by atoms with Crippen molar-refractivity contribution in [2.45, 2.75) is 12.8 Å². The Kier molecular flexibility index (Phi) is 5.87. The average Bonchev–Trinajstić information content (AvgIpc) is 3.39. The van der Waals surface area contributed by atoms with Gasteiger partial charge in [-0.05, 0) is 30.9 Å². The van der Waals surface area contributed by atoms with Crippen LogP contribution in [-0.4, -0.2) is 56.9 Å². The van der Waals surface area contributed by atoms with Crippen molar-refractivity contribution in [1.82, 2.24) is 10.2 Å². The molecule has 1 heterocycles. The lowest BCUT2D eigenvalue weighted by Gasteiger charge is -2.26. The van der Waals surface area contributed by atoms with E-state index in [4.69, 9.17) is 9.47 Å². The first-order chi connectivity index (χ1) is 11.7. The van der Waals surface area contributed by atoms with E-state index in [-0.39, 0.29) is 6.03 Å². The largest absolute Gasteiger partial charge is 0.491 e. The molecule has 1 saturated heterocycles. The number of anilines is 1. The number of carbonyl (C=O) groups is 1. The van der Waals surface area contributed by atoms with Crippen molar-refractivity contribution >= 4 is 11.7 Å². The van der Waals surface area contributed by atoms with Crippen LogP contribution < -0.4 is 15.4 Å². The summed E-state index contributed by atoms with van der Waals surface area (Å²) in [6.45, 7) is 5.14. The Morgan fingerprint density at radius 1 is 1.33 bits per heavy atom. The van der Waals surface area contributed by atoms with Crippen LogP contribution in [0.5, 0.6) is 5.75 Å². The Labute approximate surface area is 141 Å². The molecule has 2 amide bonds. The van der Waals surface area contributed by atoms with E-state index in [1.54, 1.807) is 6.07 Å². The van der Waals surface area contributed by atoms with Crippen molar-refractivity contribution in [2.24, 2.45) is 5.92 Å². The zero-order chi connectivity index (χ0) is 16.8. The normalized spacial score (nSPS) is 18.2. The number of hydrogen-bond donors (Lipinski definition) is 2. The minimum atomic E-state index is -0.405. The maximum atomic E-state index is 13.5. The number of benzene rings is 1. The summed E-state index contributed by atoms with van der Waals surface area (Å²) in [5.41, 5.74) is 0.361. The topological polar surface area (TPSA) is 62.8 Å². The molecule has 2 aliphatic rings. The Morgan fingerprint density at radius 3 is 2.88 bits per heavy atom. The fraction of sp³-hybridized carbons (Fsp3) is 0.588. The van der Waals surface area contributed by atoms with Crippen LogP contribution in [0.3, 0.4) is 0 Å². The third-order valence-corrected chi connectivity index (χ3v) is 4.18. The number of nitrogens with zero attached hydrogens (tertiary/aromatic N) is 1. The van der Waals surface area contributed by atoms with Crippen molar-refractivity contribution in [3.8, 4) is 5.75 Å². The van der Waals surface area contributed by atoms with Gasteiger partial charge in [0.25, 0.3) is 0 Å². The molecule has 0 radical (unpaired) electrons. The Balaban J connectivity index is 1.46. The average molecular weight is 337 g/mol. The van der Waals surface area contributed by atoms with Crippen molar-refractivity contribution in [1.29, 1.82) is 0 Å². The molecule has 0 aromatic heterocycles. The van der Waals surface area contributed by atoms with Crippen molar-refractivity contribution in [3.63, 3.8) is 0 Å². The summed E-state index contributed by atoms with van der Waals surface area (Å²) < 4.78 is 24.4. The summed E-state index contributed by atoms with van der Waals surface area (Å²) in [5, 5.41) is 5.47. The molecular formula is C17H24FN3O3. The fourth-order valence-corrected chi connectivity index (χ4v) is 2.54. The lowest BCUT2D eigenvalue weighted by Crippen LogP contribution is -2.42. The number of nitrogens with one attached hydrogen (secondary N) is 2. The molecule has 0 atom stereocenters. The number of urea groups is 1. The van der Waals surface area contributed by atoms with Gasteiger partial charge in [0.1, 0.15) is 11.6 Å². The monoisotopic (exact) mass is 337 g/mol. The van der Waals surface area contributed by atoms with Gasteiger partial charge in [-0.25, -0.2) is 9.18 Å². The highest BCUT2D eigenvalue weighted by Crippen LogP contribution is 2.32. The van der Waals surface area contributed by atoms with Crippen molar-refractivity contribution in [2.75, 3.05) is 51.3 Å². The van der Waals surface area contributed by atoms with Crippen LogP contribution in [0.2, 0.25) is 0 Å². The second-order valence-electron chi connectivity index (χ2n) is 6.23. The lowest BCUT2D eigenvalue weighted by molar-refractivity contribution is 0.0388. The molecule has 24 heavy (non-hydrogen) atoms. The smallest absolute Gasteiger partial charge is 0.319 e. The molecule has 1 aliphatic heterocycles. The van der Waals surface area contributed by atoms with Gasteiger partial charge in [-0.15, -0.1) is 0 Å². The summed E-state index contributed by atoms with van der Waals surface area (Å²) in [5.74, 6) is 0.689. The molecule has 3 rings (SSSR count). The van der Waals surface area contributed by atoms with Gasteiger partial charge in [0.2, 0.25) is 0 Å². The fourth-order valence-electron chi connectivity index (χ4n) is 2.54. The maximum absolute atomic E-state index is 13.5. The van der Waals surface area contributed by atoms with Crippen LogP contribution in [0.15, 0.2) is 18.2 Å². The van der Waals surface area contributed by atoms with E-state index < -0.39 is 5.82 Å². The summed E-state index contributed by atoms with van der Waals surface area (Å²) in [4.78, 5) is 14.3. The van der Waals surface area contributed by atoms with Gasteiger partial charge in [-0.1, -0.05) is 0 Å². The first-order valence-corrected chi connectivity index (χ1v) is 8.48. The van der Waals surface area contributed by atoms with Crippen molar-refractivity contribution in [3.05, 3.63) is 24.0 Å². The SMILES string of the molecule is O=C(NCCN1CCOCC1)Nc1cc(F)ccc1OCC1CC1. The second-order valence-corrected chi connectivity index (χ2v) is 6.23. The van der Waals surface area contributed by atoms with Crippen LogP contribution in [0.4, 0.5) is 14.9 Å². The minimum Gasteiger partial charge on any atom is -0.491 e. The van der Waals surface area contributed by atoms with E-state index in [0.717, 1.165) is 32.8 Å². The minimum absolute atomic E-state index is 0.356. The molecule has 6 nitrogen and oxygen atoms in total. The number of halogens is 1. The van der Waals surface area contributed by atoms with Gasteiger partial charge >= 0.3 is 6.03 Å². The van der Waals surface area contributed by atoms with E-state index in [1.165, 1.54) is 25.0 Å². The molecule has 1 aromatic rings. The number of hydrogen-bond acceptors (Lipinski definition) is 4. The second kappa shape index (κ2) is 8.30. The van der Waals surface area contributed by atoms with Gasteiger partial charge in [0.05, 0.1) is 25.5 Å². The summed E-state index contributed by atoms with van der Waals surface area (Å²) in [7, 11) is 0. The van der Waals surface area contributed by atoms with E-state index >= 15 is 0 Å². The molecule has 0 bridgehead atoms. The third-order valence-electron chi connectivity index (χ3n) is 4.18. The predicted molar refractivity (Wildman–Crippen MR) is 88.9 cm³/mol. The standard InChI is InChI=1S/C17H24FN3O3/c18-14-3-4-16(24-12-13-1-2-13)15(11-14)20-17(22)19-5-6-21-7-9-23-10-8-21/h3-4,11,13H,1-2,5-10,12H2,(H2,19,20,22). The van der Waals surface area contributed by atoms with Crippen LogP contribution in [0.1, 0.15) is 12.8 Å². The molecule has 0 unspecified atom stereocenters. The first kappa shape index (κ1) is 17.0. The Morgan fingerprint density at radius 2 is 2.12 bits per heavy atom. The predicted octanol–water partition coefficient (Wildman–Crippen LogP) is 2.07. The highest BCUT2D eigenvalue weighted by molar-refractivity contribution is 5.90. The summed E-state index contributed by atoms with van der Waals surface area (Å²) in [6.07, 6.45) is 2.35. The summed E-state index contributed by atoms with van der Waals surface area (Å²) in [6, 6.07) is 3.82. The van der Waals surface area contributed by atoms with E-state index in [9.17, 15) is 9.18 Å². The molecular weight excluding hydrogens is 313 g/mol. The zero-order valence-corrected chi connectivity index (χ0v) is 13.7. The molecule has 1 aliphatic carbocycles. The van der Waals surface area contributed by atoms with Gasteiger partial charge in [-0.2, -0.15) is 0 Å². The summed E-state index contributed by atoms with van der Waals surface area (Å²) >= 11 is 0. The van der Waals surface area contributed by atoms with E-state index in [0.29, 0.717) is 30.5 Å².